The van der Waals surface area contributed by atoms with Crippen molar-refractivity contribution in [2.45, 2.75) is 46.3 Å². The first-order valence-corrected chi connectivity index (χ1v) is 13.0. The number of rotatable bonds is 5. The molecule has 5 rings (SSSR count). The maximum absolute atomic E-state index is 12.5. The summed E-state index contributed by atoms with van der Waals surface area (Å²) in [6.45, 7) is 9.40. The molecule has 7 nitrogen and oxygen atoms in total. The molecule has 0 bridgehead atoms. The predicted molar refractivity (Wildman–Crippen MR) is 148 cm³/mol. The van der Waals surface area contributed by atoms with Crippen LogP contribution in [-0.2, 0) is 16.6 Å². The number of aliphatic carboxylic acids is 1. The molecule has 0 aliphatic heterocycles. The topological polar surface area (TPSA) is 90.1 Å². The molecule has 190 valence electrons. The minimum absolute atomic E-state index is 0.601. The van der Waals surface area contributed by atoms with Crippen LogP contribution in [0.2, 0.25) is 5.02 Å². The fourth-order valence-corrected chi connectivity index (χ4v) is 5.79. The zero-order valence-electron chi connectivity index (χ0n) is 21.5. The van der Waals surface area contributed by atoms with Gasteiger partial charge in [0, 0.05) is 23.2 Å². The average molecular weight is 535 g/mol. The number of aryl methyl sites for hydroxylation is 3. The third-order valence-corrected chi connectivity index (χ3v) is 7.47. The van der Waals surface area contributed by atoms with E-state index in [0.717, 1.165) is 54.3 Å². The van der Waals surface area contributed by atoms with Crippen molar-refractivity contribution >= 4 is 50.2 Å². The molecule has 0 fully saturated rings. The number of benzene rings is 2. The summed E-state index contributed by atoms with van der Waals surface area (Å²) in [6.07, 6.45) is -1.16. The largest absolute Gasteiger partial charge is 0.479 e. The van der Waals surface area contributed by atoms with Gasteiger partial charge >= 0.3 is 5.97 Å². The normalized spacial score (nSPS) is 12.9. The molecule has 0 saturated heterocycles. The lowest BCUT2D eigenvalue weighted by Crippen LogP contribution is -2.28. The Bertz CT molecular complexity index is 1670. The van der Waals surface area contributed by atoms with E-state index in [1.54, 1.807) is 12.1 Å². The number of nitrogens with zero attached hydrogens (tertiary/aromatic N) is 4. The number of carboxylic acid groups (broad SMARTS) is 1. The van der Waals surface area contributed by atoms with Crippen molar-refractivity contribution in [2.75, 3.05) is 0 Å². The molecule has 0 radical (unpaired) electrons. The molecule has 0 aliphatic carbocycles. The summed E-state index contributed by atoms with van der Waals surface area (Å²) >= 11 is 7.68. The number of ether oxygens (including phenoxy) is 1. The molecule has 1 atom stereocenters. The highest BCUT2D eigenvalue weighted by molar-refractivity contribution is 7.22. The van der Waals surface area contributed by atoms with Gasteiger partial charge < -0.3 is 9.84 Å². The van der Waals surface area contributed by atoms with E-state index in [9.17, 15) is 9.90 Å². The van der Waals surface area contributed by atoms with E-state index in [1.807, 2.05) is 76.7 Å². The standard InChI is InChI=1S/C28H27ClN4O3S/c1-14-13-19-25(37-26(31-19)18-11-12-20-23(30-18)15(2)32-33(20)6)22(16-7-9-17(29)10-8-16)21(14)24(27(34)35)36-28(3,4)5/h7-13,24H,1-6H3,(H,34,35)/t24-/m0/s1. The Morgan fingerprint density at radius 1 is 1.11 bits per heavy atom. The summed E-state index contributed by atoms with van der Waals surface area (Å²) in [5, 5.41) is 16.1. The van der Waals surface area contributed by atoms with Crippen molar-refractivity contribution < 1.29 is 14.6 Å². The van der Waals surface area contributed by atoms with Crippen LogP contribution >= 0.6 is 22.9 Å². The molecule has 5 aromatic rings. The number of carboxylic acids is 1. The van der Waals surface area contributed by atoms with Crippen LogP contribution < -0.4 is 0 Å². The van der Waals surface area contributed by atoms with Gasteiger partial charge in [0.15, 0.2) is 6.10 Å². The maximum atomic E-state index is 12.5. The monoisotopic (exact) mass is 534 g/mol. The predicted octanol–water partition coefficient (Wildman–Crippen LogP) is 7.12. The molecule has 0 saturated carbocycles. The number of hydrogen-bond donors (Lipinski definition) is 1. The van der Waals surface area contributed by atoms with Gasteiger partial charge in [-0.05, 0) is 76.1 Å². The Morgan fingerprint density at radius 3 is 2.46 bits per heavy atom. The van der Waals surface area contributed by atoms with Crippen LogP contribution in [0.3, 0.4) is 0 Å². The van der Waals surface area contributed by atoms with Gasteiger partial charge in [-0.1, -0.05) is 23.7 Å². The summed E-state index contributed by atoms with van der Waals surface area (Å²) in [5.41, 5.74) is 6.51. The quantitative estimate of drug-likeness (QED) is 0.258. The molecule has 0 unspecified atom stereocenters. The highest BCUT2D eigenvalue weighted by Crippen LogP contribution is 2.44. The second kappa shape index (κ2) is 9.20. The third kappa shape index (κ3) is 4.72. The number of fused-ring (bicyclic) bond motifs is 2. The van der Waals surface area contributed by atoms with E-state index in [2.05, 4.69) is 5.10 Å². The molecule has 0 aliphatic rings. The van der Waals surface area contributed by atoms with E-state index in [-0.39, 0.29) is 0 Å². The summed E-state index contributed by atoms with van der Waals surface area (Å²) in [6, 6.07) is 13.3. The first kappa shape index (κ1) is 25.3. The van der Waals surface area contributed by atoms with Gasteiger partial charge in [0.1, 0.15) is 10.5 Å². The summed E-state index contributed by atoms with van der Waals surface area (Å²) in [7, 11) is 1.90. The molecule has 1 N–H and O–H groups in total. The van der Waals surface area contributed by atoms with Gasteiger partial charge in [0.05, 0.1) is 32.7 Å². The minimum Gasteiger partial charge on any atom is -0.479 e. The molecule has 0 spiro atoms. The lowest BCUT2D eigenvalue weighted by molar-refractivity contribution is -0.160. The van der Waals surface area contributed by atoms with Crippen LogP contribution in [0.25, 0.3) is 43.1 Å². The Hall–Kier alpha value is -3.33. The Morgan fingerprint density at radius 2 is 1.81 bits per heavy atom. The number of hydrogen-bond acceptors (Lipinski definition) is 6. The molecule has 9 heteroatoms. The fraction of sp³-hybridized carbons (Fsp3) is 0.286. The van der Waals surface area contributed by atoms with Crippen LogP contribution in [0.4, 0.5) is 0 Å². The number of halogens is 1. The van der Waals surface area contributed by atoms with Crippen molar-refractivity contribution in [1.29, 1.82) is 0 Å². The summed E-state index contributed by atoms with van der Waals surface area (Å²) < 4.78 is 8.77. The van der Waals surface area contributed by atoms with Gasteiger partial charge in [-0.3, -0.25) is 4.68 Å². The van der Waals surface area contributed by atoms with E-state index in [1.165, 1.54) is 11.3 Å². The molecule has 0 amide bonds. The molecular formula is C28H27ClN4O3S. The van der Waals surface area contributed by atoms with Crippen LogP contribution in [0.1, 0.15) is 43.7 Å². The number of thiazole rings is 1. The summed E-state index contributed by atoms with van der Waals surface area (Å²) in [5.74, 6) is -1.04. The Labute approximate surface area is 223 Å². The van der Waals surface area contributed by atoms with Crippen LogP contribution in [0.15, 0.2) is 42.5 Å². The number of aromatic nitrogens is 4. The van der Waals surface area contributed by atoms with E-state index in [4.69, 9.17) is 26.3 Å². The van der Waals surface area contributed by atoms with Gasteiger partial charge in [-0.2, -0.15) is 5.10 Å². The van der Waals surface area contributed by atoms with Crippen LogP contribution in [0.5, 0.6) is 0 Å². The Balaban J connectivity index is 1.78. The first-order valence-electron chi connectivity index (χ1n) is 11.8. The molecule has 3 aromatic heterocycles. The van der Waals surface area contributed by atoms with Crippen LogP contribution in [0, 0.1) is 13.8 Å². The SMILES string of the molecule is Cc1cc2nc(-c3ccc4c(n3)c(C)nn4C)sc2c(-c2ccc(Cl)cc2)c1[C@H](OC(C)(C)C)C(=O)O. The van der Waals surface area contributed by atoms with Crippen molar-refractivity contribution in [1.82, 2.24) is 19.7 Å². The van der Waals surface area contributed by atoms with Gasteiger partial charge in [0.25, 0.3) is 0 Å². The second-order valence-corrected chi connectivity index (χ2v) is 11.5. The summed E-state index contributed by atoms with van der Waals surface area (Å²) in [4.78, 5) is 22.3. The van der Waals surface area contributed by atoms with Crippen molar-refractivity contribution in [3.05, 3.63) is 64.3 Å². The molecular weight excluding hydrogens is 508 g/mol. The molecule has 37 heavy (non-hydrogen) atoms. The Kier molecular flexibility index (Phi) is 6.30. The van der Waals surface area contributed by atoms with Gasteiger partial charge in [-0.15, -0.1) is 11.3 Å². The smallest absolute Gasteiger partial charge is 0.337 e. The van der Waals surface area contributed by atoms with Crippen molar-refractivity contribution in [2.24, 2.45) is 7.05 Å². The third-order valence-electron chi connectivity index (χ3n) is 6.10. The van der Waals surface area contributed by atoms with E-state index < -0.39 is 17.7 Å². The van der Waals surface area contributed by atoms with Crippen LogP contribution in [-0.4, -0.2) is 36.4 Å². The van der Waals surface area contributed by atoms with Gasteiger partial charge in [0.2, 0.25) is 0 Å². The maximum Gasteiger partial charge on any atom is 0.337 e. The van der Waals surface area contributed by atoms with E-state index >= 15 is 0 Å². The number of pyridine rings is 1. The zero-order valence-corrected chi connectivity index (χ0v) is 23.0. The average Bonchev–Trinajstić information content (AvgIpc) is 3.37. The second-order valence-electron chi connectivity index (χ2n) is 10.1. The van der Waals surface area contributed by atoms with Crippen molar-refractivity contribution in [3.8, 4) is 21.8 Å². The number of carbonyl (C=O) groups is 1. The molecule has 2 aromatic carbocycles. The van der Waals surface area contributed by atoms with E-state index in [0.29, 0.717) is 10.6 Å². The highest BCUT2D eigenvalue weighted by Gasteiger charge is 2.32. The highest BCUT2D eigenvalue weighted by atomic mass is 35.5. The minimum atomic E-state index is -1.16. The zero-order chi connectivity index (χ0) is 26.6. The van der Waals surface area contributed by atoms with Gasteiger partial charge in [-0.25, -0.2) is 14.8 Å². The van der Waals surface area contributed by atoms with Crippen molar-refractivity contribution in [3.63, 3.8) is 0 Å². The fourth-order valence-electron chi connectivity index (χ4n) is 4.57. The lowest BCUT2D eigenvalue weighted by Gasteiger charge is -2.28. The molecule has 3 heterocycles. The first-order chi connectivity index (χ1) is 17.4. The lowest BCUT2D eigenvalue weighted by atomic mass is 9.91.